The Hall–Kier alpha value is -0.470. The second-order valence-corrected chi connectivity index (χ2v) is 4.81. The third kappa shape index (κ3) is 3.25. The molecular weight excluding hydrogens is 210 g/mol. The van der Waals surface area contributed by atoms with Crippen molar-refractivity contribution < 1.29 is 4.42 Å². The van der Waals surface area contributed by atoms with Crippen LogP contribution in [0.2, 0.25) is 0 Å². The molecule has 0 radical (unpaired) electrons. The van der Waals surface area contributed by atoms with Crippen molar-refractivity contribution >= 4 is 11.6 Å². The lowest BCUT2D eigenvalue weighted by molar-refractivity contribution is 0.210. The Morgan fingerprint density at radius 3 is 2.93 bits per heavy atom. The van der Waals surface area contributed by atoms with Crippen LogP contribution in [0, 0.1) is 5.92 Å². The van der Waals surface area contributed by atoms with E-state index in [1.165, 1.54) is 12.8 Å². The SMILES string of the molecule is CC(CCl)CN(Cc1ccco1)C1CC1. The van der Waals surface area contributed by atoms with E-state index in [-0.39, 0.29) is 0 Å². The summed E-state index contributed by atoms with van der Waals surface area (Å²) in [5, 5.41) is 0. The van der Waals surface area contributed by atoms with Gasteiger partial charge in [-0.25, -0.2) is 0 Å². The molecule has 1 unspecified atom stereocenters. The summed E-state index contributed by atoms with van der Waals surface area (Å²) in [5.41, 5.74) is 0. The first-order valence-corrected chi connectivity index (χ1v) is 6.15. The van der Waals surface area contributed by atoms with Crippen LogP contribution in [-0.2, 0) is 6.54 Å². The Labute approximate surface area is 96.2 Å². The third-order valence-electron chi connectivity index (χ3n) is 2.81. The molecule has 1 aromatic heterocycles. The first-order chi connectivity index (χ1) is 7.29. The summed E-state index contributed by atoms with van der Waals surface area (Å²) in [6.07, 6.45) is 4.40. The molecule has 84 valence electrons. The molecule has 1 atom stereocenters. The summed E-state index contributed by atoms with van der Waals surface area (Å²) in [4.78, 5) is 2.49. The lowest BCUT2D eigenvalue weighted by Crippen LogP contribution is -2.30. The minimum Gasteiger partial charge on any atom is -0.468 e. The first-order valence-electron chi connectivity index (χ1n) is 5.62. The lowest BCUT2D eigenvalue weighted by Gasteiger charge is -2.23. The quantitative estimate of drug-likeness (QED) is 0.695. The van der Waals surface area contributed by atoms with Gasteiger partial charge in [-0.1, -0.05) is 6.92 Å². The van der Waals surface area contributed by atoms with Crippen molar-refractivity contribution in [2.45, 2.75) is 32.4 Å². The van der Waals surface area contributed by atoms with Gasteiger partial charge in [-0.15, -0.1) is 11.6 Å². The standard InChI is InChI=1S/C12H18ClNO/c1-10(7-13)8-14(11-4-5-11)9-12-3-2-6-15-12/h2-3,6,10-11H,4-5,7-9H2,1H3. The van der Waals surface area contributed by atoms with E-state index in [0.717, 1.165) is 30.8 Å². The molecule has 1 saturated carbocycles. The number of nitrogens with zero attached hydrogens (tertiary/aromatic N) is 1. The summed E-state index contributed by atoms with van der Waals surface area (Å²) in [5.74, 6) is 2.35. The summed E-state index contributed by atoms with van der Waals surface area (Å²) in [6, 6.07) is 4.76. The smallest absolute Gasteiger partial charge is 0.117 e. The highest BCUT2D eigenvalue weighted by atomic mass is 35.5. The molecule has 2 rings (SSSR count). The van der Waals surface area contributed by atoms with Gasteiger partial charge in [0.1, 0.15) is 5.76 Å². The largest absolute Gasteiger partial charge is 0.468 e. The van der Waals surface area contributed by atoms with Crippen LogP contribution in [0.1, 0.15) is 25.5 Å². The van der Waals surface area contributed by atoms with E-state index in [2.05, 4.69) is 11.8 Å². The number of rotatable bonds is 6. The minimum absolute atomic E-state index is 0.558. The van der Waals surface area contributed by atoms with Crippen LogP contribution >= 0.6 is 11.6 Å². The second-order valence-electron chi connectivity index (χ2n) is 4.50. The normalized spacial score (nSPS) is 18.3. The summed E-state index contributed by atoms with van der Waals surface area (Å²) < 4.78 is 5.38. The average Bonchev–Trinajstić information content (AvgIpc) is 2.97. The topological polar surface area (TPSA) is 16.4 Å². The monoisotopic (exact) mass is 227 g/mol. The molecule has 3 heteroatoms. The first kappa shape index (κ1) is 11.0. The van der Waals surface area contributed by atoms with Crippen LogP contribution in [0.15, 0.2) is 22.8 Å². The molecule has 1 fully saturated rings. The fraction of sp³-hybridized carbons (Fsp3) is 0.667. The van der Waals surface area contributed by atoms with Gasteiger partial charge in [0.2, 0.25) is 0 Å². The van der Waals surface area contributed by atoms with Crippen molar-refractivity contribution in [1.82, 2.24) is 4.90 Å². The zero-order chi connectivity index (χ0) is 10.7. The van der Waals surface area contributed by atoms with Crippen molar-refractivity contribution in [3.63, 3.8) is 0 Å². The second kappa shape index (κ2) is 5.04. The van der Waals surface area contributed by atoms with Crippen molar-refractivity contribution in [3.8, 4) is 0 Å². The van der Waals surface area contributed by atoms with Crippen molar-refractivity contribution in [3.05, 3.63) is 24.2 Å². The highest BCUT2D eigenvalue weighted by Crippen LogP contribution is 2.29. The Morgan fingerprint density at radius 2 is 2.40 bits per heavy atom. The van der Waals surface area contributed by atoms with Gasteiger partial charge in [-0.2, -0.15) is 0 Å². The van der Waals surface area contributed by atoms with Crippen LogP contribution in [0.3, 0.4) is 0 Å². The maximum Gasteiger partial charge on any atom is 0.117 e. The maximum absolute atomic E-state index is 5.85. The van der Waals surface area contributed by atoms with Gasteiger partial charge in [0.15, 0.2) is 0 Å². The van der Waals surface area contributed by atoms with Gasteiger partial charge in [0.05, 0.1) is 12.8 Å². The fourth-order valence-corrected chi connectivity index (χ4v) is 1.93. The fourth-order valence-electron chi connectivity index (χ4n) is 1.83. The molecule has 0 spiro atoms. The molecule has 1 aliphatic rings. The van der Waals surface area contributed by atoms with Gasteiger partial charge in [-0.05, 0) is 30.9 Å². The van der Waals surface area contributed by atoms with Crippen molar-refractivity contribution in [2.24, 2.45) is 5.92 Å². The van der Waals surface area contributed by atoms with Gasteiger partial charge < -0.3 is 4.42 Å². The van der Waals surface area contributed by atoms with E-state index >= 15 is 0 Å². The van der Waals surface area contributed by atoms with Crippen molar-refractivity contribution in [1.29, 1.82) is 0 Å². The predicted molar refractivity (Wildman–Crippen MR) is 62.0 cm³/mol. The van der Waals surface area contributed by atoms with Crippen molar-refractivity contribution in [2.75, 3.05) is 12.4 Å². The zero-order valence-electron chi connectivity index (χ0n) is 9.16. The molecule has 15 heavy (non-hydrogen) atoms. The zero-order valence-corrected chi connectivity index (χ0v) is 9.91. The van der Waals surface area contributed by atoms with E-state index in [4.69, 9.17) is 16.0 Å². The van der Waals surface area contributed by atoms with Crippen LogP contribution < -0.4 is 0 Å². The van der Waals surface area contributed by atoms with E-state index < -0.39 is 0 Å². The molecule has 0 aromatic carbocycles. The van der Waals surface area contributed by atoms with E-state index in [0.29, 0.717) is 5.92 Å². The number of hydrogen-bond donors (Lipinski definition) is 0. The van der Waals surface area contributed by atoms with Gasteiger partial charge in [-0.3, -0.25) is 4.90 Å². The molecule has 1 aromatic rings. The molecule has 0 N–H and O–H groups in total. The number of halogens is 1. The highest BCUT2D eigenvalue weighted by Gasteiger charge is 2.30. The van der Waals surface area contributed by atoms with E-state index in [1.54, 1.807) is 6.26 Å². The van der Waals surface area contributed by atoms with Gasteiger partial charge >= 0.3 is 0 Å². The molecule has 0 aliphatic heterocycles. The molecule has 0 saturated heterocycles. The highest BCUT2D eigenvalue weighted by molar-refractivity contribution is 6.18. The van der Waals surface area contributed by atoms with Gasteiger partial charge in [0.25, 0.3) is 0 Å². The van der Waals surface area contributed by atoms with Crippen LogP contribution in [-0.4, -0.2) is 23.4 Å². The van der Waals surface area contributed by atoms with Gasteiger partial charge in [0, 0.05) is 18.5 Å². The molecule has 0 amide bonds. The molecule has 2 nitrogen and oxygen atoms in total. The summed E-state index contributed by atoms with van der Waals surface area (Å²) in [7, 11) is 0. The minimum atomic E-state index is 0.558. The Balaban J connectivity index is 1.88. The van der Waals surface area contributed by atoms with Crippen LogP contribution in [0.25, 0.3) is 0 Å². The lowest BCUT2D eigenvalue weighted by atomic mass is 10.2. The molecule has 1 heterocycles. The van der Waals surface area contributed by atoms with Crippen LogP contribution in [0.5, 0.6) is 0 Å². The molecule has 0 bridgehead atoms. The number of alkyl halides is 1. The Bertz CT molecular complexity index is 282. The Morgan fingerprint density at radius 1 is 1.60 bits per heavy atom. The maximum atomic E-state index is 5.85. The average molecular weight is 228 g/mol. The molecule has 1 aliphatic carbocycles. The molecular formula is C12H18ClNO. The number of hydrogen-bond acceptors (Lipinski definition) is 2. The number of furan rings is 1. The Kier molecular flexibility index (Phi) is 3.71. The third-order valence-corrected chi connectivity index (χ3v) is 3.34. The summed E-state index contributed by atoms with van der Waals surface area (Å²) in [6.45, 7) is 4.21. The summed E-state index contributed by atoms with van der Waals surface area (Å²) >= 11 is 5.85. The van der Waals surface area contributed by atoms with E-state index in [1.807, 2.05) is 12.1 Å². The van der Waals surface area contributed by atoms with Crippen LogP contribution in [0.4, 0.5) is 0 Å². The predicted octanol–water partition coefficient (Wildman–Crippen LogP) is 3.12. The van der Waals surface area contributed by atoms with E-state index in [9.17, 15) is 0 Å².